The van der Waals surface area contributed by atoms with Gasteiger partial charge >= 0.3 is 6.03 Å². The van der Waals surface area contributed by atoms with Gasteiger partial charge in [-0.2, -0.15) is 4.31 Å². The number of aliphatic hydroxyl groups is 1. The lowest BCUT2D eigenvalue weighted by atomic mass is 9.96. The van der Waals surface area contributed by atoms with Gasteiger partial charge in [-0.15, -0.1) is 0 Å². The number of nitrogens with one attached hydrogen (secondary N) is 1. The lowest BCUT2D eigenvalue weighted by Gasteiger charge is -2.37. The van der Waals surface area contributed by atoms with Gasteiger partial charge in [0.2, 0.25) is 10.0 Å². The Kier molecular flexibility index (Phi) is 9.69. The highest BCUT2D eigenvalue weighted by Crippen LogP contribution is 2.34. The molecule has 2 aromatic rings. The zero-order valence-electron chi connectivity index (χ0n) is 23.1. The van der Waals surface area contributed by atoms with E-state index in [4.69, 9.17) is 4.74 Å². The molecule has 0 spiro atoms. The van der Waals surface area contributed by atoms with Crippen LogP contribution in [-0.2, 0) is 10.0 Å². The standard InChI is InChI=1S/C30H41N3O5S/c1-22-19-33(23(2)21-34)39(36,37)29-17-16-25(15-14-24-10-6-4-7-11-24)18-27(29)38-28(22)20-32(3)30(35)31-26-12-8-5-9-13-26/h4,6-7,10-11,14-18,22-23,26,28,34H,5,8-9,12-13,19-21H2,1-3H3,(H,31,35)/t22-,23+,28-/m0/s1. The number of likely N-dealkylation sites (N-methyl/N-ethyl adjacent to an activating group) is 1. The molecule has 0 radical (unpaired) electrons. The van der Waals surface area contributed by atoms with Gasteiger partial charge in [0.1, 0.15) is 16.7 Å². The maximum Gasteiger partial charge on any atom is 0.317 e. The number of carbonyl (C=O) groups is 1. The van der Waals surface area contributed by atoms with Crippen LogP contribution in [0.1, 0.15) is 57.1 Å². The molecule has 9 heteroatoms. The van der Waals surface area contributed by atoms with Crippen LogP contribution >= 0.6 is 0 Å². The van der Waals surface area contributed by atoms with E-state index in [0.717, 1.165) is 36.8 Å². The van der Waals surface area contributed by atoms with Crippen molar-refractivity contribution in [1.29, 1.82) is 0 Å². The molecule has 2 amide bonds. The summed E-state index contributed by atoms with van der Waals surface area (Å²) in [4.78, 5) is 14.7. The third-order valence-corrected chi connectivity index (χ3v) is 9.71. The number of ether oxygens (including phenoxy) is 1. The highest BCUT2D eigenvalue weighted by molar-refractivity contribution is 7.89. The average Bonchev–Trinajstić information content (AvgIpc) is 2.94. The van der Waals surface area contributed by atoms with Gasteiger partial charge in [-0.25, -0.2) is 13.2 Å². The van der Waals surface area contributed by atoms with Crippen molar-refractivity contribution < 1.29 is 23.1 Å². The van der Waals surface area contributed by atoms with Crippen LogP contribution in [0.5, 0.6) is 5.75 Å². The van der Waals surface area contributed by atoms with Crippen molar-refractivity contribution >= 4 is 28.2 Å². The van der Waals surface area contributed by atoms with Crippen LogP contribution in [0.25, 0.3) is 12.2 Å². The predicted molar refractivity (Wildman–Crippen MR) is 154 cm³/mol. The van der Waals surface area contributed by atoms with E-state index in [9.17, 15) is 18.3 Å². The number of aliphatic hydroxyl groups excluding tert-OH is 1. The highest BCUT2D eigenvalue weighted by Gasteiger charge is 2.38. The van der Waals surface area contributed by atoms with Crippen LogP contribution in [0.3, 0.4) is 0 Å². The van der Waals surface area contributed by atoms with Crippen molar-refractivity contribution in [2.75, 3.05) is 26.7 Å². The number of hydrogen-bond donors (Lipinski definition) is 2. The van der Waals surface area contributed by atoms with Gasteiger partial charge < -0.3 is 20.1 Å². The lowest BCUT2D eigenvalue weighted by molar-refractivity contribution is 0.0806. The summed E-state index contributed by atoms with van der Waals surface area (Å²) >= 11 is 0. The Morgan fingerprint density at radius 3 is 2.51 bits per heavy atom. The Morgan fingerprint density at radius 1 is 1.13 bits per heavy atom. The molecular formula is C30H41N3O5S. The summed E-state index contributed by atoms with van der Waals surface area (Å²) in [5.41, 5.74) is 1.82. The number of benzene rings is 2. The van der Waals surface area contributed by atoms with Gasteiger partial charge in [0.25, 0.3) is 0 Å². The van der Waals surface area contributed by atoms with Gasteiger partial charge in [0, 0.05) is 31.6 Å². The molecule has 1 heterocycles. The van der Waals surface area contributed by atoms with Crippen LogP contribution in [0, 0.1) is 5.92 Å². The molecule has 0 saturated heterocycles. The monoisotopic (exact) mass is 555 g/mol. The van der Waals surface area contributed by atoms with Crippen molar-refractivity contribution in [3.63, 3.8) is 0 Å². The fraction of sp³-hybridized carbons (Fsp3) is 0.500. The van der Waals surface area contributed by atoms with Crippen LogP contribution < -0.4 is 10.1 Å². The maximum atomic E-state index is 13.7. The van der Waals surface area contributed by atoms with Gasteiger partial charge in [-0.3, -0.25) is 0 Å². The minimum atomic E-state index is -3.93. The van der Waals surface area contributed by atoms with Gasteiger partial charge in [-0.1, -0.05) is 74.7 Å². The topological polar surface area (TPSA) is 99.2 Å². The number of sulfonamides is 1. The summed E-state index contributed by atoms with van der Waals surface area (Å²) < 4.78 is 35.2. The first-order chi connectivity index (χ1) is 18.7. The molecule has 2 aromatic carbocycles. The molecule has 2 N–H and O–H groups in total. The van der Waals surface area contributed by atoms with Crippen molar-refractivity contribution in [3.05, 3.63) is 59.7 Å². The summed E-state index contributed by atoms with van der Waals surface area (Å²) in [6.45, 7) is 3.79. The second-order valence-electron chi connectivity index (χ2n) is 10.9. The Labute approximate surface area is 232 Å². The SMILES string of the molecule is C[C@H](CO)N1C[C@H](C)[C@H](CN(C)C(=O)NC2CCCCC2)Oc2cc(C=Cc3ccccc3)ccc2S1(=O)=O. The summed E-state index contributed by atoms with van der Waals surface area (Å²) in [5.74, 6) is 0.00774. The van der Waals surface area contributed by atoms with Crippen LogP contribution in [0.15, 0.2) is 53.4 Å². The third kappa shape index (κ3) is 7.21. The van der Waals surface area contributed by atoms with Crippen molar-refractivity contribution in [1.82, 2.24) is 14.5 Å². The van der Waals surface area contributed by atoms with E-state index in [2.05, 4.69) is 5.32 Å². The van der Waals surface area contributed by atoms with Crippen LogP contribution in [0.2, 0.25) is 0 Å². The fourth-order valence-electron chi connectivity index (χ4n) is 5.20. The van der Waals surface area contributed by atoms with Gasteiger partial charge in [0.15, 0.2) is 0 Å². The molecule has 8 nitrogen and oxygen atoms in total. The Hall–Kier alpha value is -2.88. The molecule has 1 aliphatic carbocycles. The van der Waals surface area contributed by atoms with Gasteiger partial charge in [-0.05, 0) is 43.0 Å². The summed E-state index contributed by atoms with van der Waals surface area (Å²) in [6, 6.07) is 14.4. The summed E-state index contributed by atoms with van der Waals surface area (Å²) in [7, 11) is -2.18. The Bertz CT molecular complexity index is 1240. The minimum absolute atomic E-state index is 0.0610. The summed E-state index contributed by atoms with van der Waals surface area (Å²) in [5, 5.41) is 13.0. The van der Waals surface area contributed by atoms with E-state index in [-0.39, 0.29) is 41.8 Å². The molecule has 2 aliphatic rings. The second kappa shape index (κ2) is 13.0. The number of urea groups is 1. The number of amides is 2. The van der Waals surface area contributed by atoms with Crippen molar-refractivity contribution in [2.45, 2.75) is 69.0 Å². The molecule has 0 bridgehead atoms. The average molecular weight is 556 g/mol. The molecular weight excluding hydrogens is 514 g/mol. The number of fused-ring (bicyclic) bond motifs is 1. The smallest absolute Gasteiger partial charge is 0.317 e. The molecule has 1 fully saturated rings. The lowest BCUT2D eigenvalue weighted by Crippen LogP contribution is -2.52. The van der Waals surface area contributed by atoms with Crippen molar-refractivity contribution in [3.8, 4) is 5.75 Å². The van der Waals surface area contributed by atoms with E-state index in [1.807, 2.05) is 49.4 Å². The van der Waals surface area contributed by atoms with E-state index >= 15 is 0 Å². The van der Waals surface area contributed by atoms with E-state index in [0.29, 0.717) is 6.54 Å². The number of rotatable bonds is 7. The molecule has 1 saturated carbocycles. The normalized spacial score (nSPS) is 22.8. The quantitative estimate of drug-likeness (QED) is 0.487. The molecule has 39 heavy (non-hydrogen) atoms. The minimum Gasteiger partial charge on any atom is -0.487 e. The van der Waals surface area contributed by atoms with Crippen LogP contribution in [0.4, 0.5) is 4.79 Å². The first-order valence-corrected chi connectivity index (χ1v) is 15.3. The Morgan fingerprint density at radius 2 is 1.82 bits per heavy atom. The first kappa shape index (κ1) is 29.1. The van der Waals surface area contributed by atoms with E-state index in [1.54, 1.807) is 37.1 Å². The molecule has 0 unspecified atom stereocenters. The number of nitrogens with zero attached hydrogens (tertiary/aromatic N) is 2. The fourth-order valence-corrected chi connectivity index (χ4v) is 7.03. The van der Waals surface area contributed by atoms with Crippen molar-refractivity contribution in [2.24, 2.45) is 5.92 Å². The first-order valence-electron chi connectivity index (χ1n) is 13.9. The molecule has 212 valence electrons. The second-order valence-corrected chi connectivity index (χ2v) is 12.7. The number of carbonyl (C=O) groups excluding carboxylic acids is 1. The Balaban J connectivity index is 1.62. The highest BCUT2D eigenvalue weighted by atomic mass is 32.2. The zero-order valence-corrected chi connectivity index (χ0v) is 23.9. The molecule has 1 aliphatic heterocycles. The van der Waals surface area contributed by atoms with Gasteiger partial charge in [0.05, 0.1) is 13.2 Å². The van der Waals surface area contributed by atoms with E-state index in [1.165, 1.54) is 10.7 Å². The summed E-state index contributed by atoms with van der Waals surface area (Å²) in [6.07, 6.45) is 8.88. The molecule has 4 rings (SSSR count). The van der Waals surface area contributed by atoms with E-state index < -0.39 is 22.2 Å². The predicted octanol–water partition coefficient (Wildman–Crippen LogP) is 4.60. The number of hydrogen-bond acceptors (Lipinski definition) is 5. The largest absolute Gasteiger partial charge is 0.487 e. The molecule has 3 atom stereocenters. The molecule has 0 aromatic heterocycles. The maximum absolute atomic E-state index is 13.7. The van der Waals surface area contributed by atoms with Crippen LogP contribution in [-0.4, -0.2) is 73.7 Å². The zero-order chi connectivity index (χ0) is 28.0. The third-order valence-electron chi connectivity index (χ3n) is 7.69.